The average molecular weight is 271 g/mol. The average Bonchev–Trinajstić information content (AvgIpc) is 2.72. The third kappa shape index (κ3) is 3.15. The molecule has 1 unspecified atom stereocenters. The van der Waals surface area contributed by atoms with Crippen LogP contribution < -0.4 is 15.8 Å². The lowest BCUT2D eigenvalue weighted by atomic mass is 10.0. The van der Waals surface area contributed by atoms with Crippen molar-refractivity contribution in [3.05, 3.63) is 29.8 Å². The quantitative estimate of drug-likeness (QED) is 0.869. The van der Waals surface area contributed by atoms with Crippen molar-refractivity contribution < 1.29 is 9.53 Å². The standard InChI is InChI=1S/C13H18N2O2.ClH/c1-13(2,8-14)15-12(16)11-7-9-5-3-4-6-10(9)17-11;/h3-6,11H,7-8,14H2,1-2H3,(H,15,16);1H. The number of ether oxygens (including phenoxy) is 1. The van der Waals surface area contributed by atoms with Gasteiger partial charge in [0.05, 0.1) is 0 Å². The molecule has 0 aromatic heterocycles. The van der Waals surface area contributed by atoms with Crippen LogP contribution in [0.2, 0.25) is 0 Å². The molecule has 18 heavy (non-hydrogen) atoms. The number of hydrogen-bond donors (Lipinski definition) is 2. The number of rotatable bonds is 3. The Kier molecular flexibility index (Phi) is 4.59. The van der Waals surface area contributed by atoms with Crippen LogP contribution in [-0.4, -0.2) is 24.1 Å². The van der Waals surface area contributed by atoms with Crippen molar-refractivity contribution in [1.29, 1.82) is 0 Å². The fourth-order valence-electron chi connectivity index (χ4n) is 1.79. The van der Waals surface area contributed by atoms with E-state index in [9.17, 15) is 4.79 Å². The topological polar surface area (TPSA) is 64.3 Å². The number of halogens is 1. The van der Waals surface area contributed by atoms with Crippen LogP contribution in [0.15, 0.2) is 24.3 Å². The lowest BCUT2D eigenvalue weighted by Crippen LogP contribution is -2.52. The van der Waals surface area contributed by atoms with Crippen molar-refractivity contribution >= 4 is 18.3 Å². The summed E-state index contributed by atoms with van der Waals surface area (Å²) in [5.74, 6) is 0.704. The van der Waals surface area contributed by atoms with Crippen LogP contribution in [0.25, 0.3) is 0 Å². The second-order valence-electron chi connectivity index (χ2n) is 5.00. The van der Waals surface area contributed by atoms with E-state index in [0.717, 1.165) is 11.3 Å². The number of benzene rings is 1. The number of nitrogens with two attached hydrogens (primary N) is 1. The van der Waals surface area contributed by atoms with Gasteiger partial charge in [0.15, 0.2) is 6.10 Å². The van der Waals surface area contributed by atoms with Gasteiger partial charge in [-0.05, 0) is 25.5 Å². The van der Waals surface area contributed by atoms with Crippen LogP contribution in [0, 0.1) is 0 Å². The molecular formula is C13H19ClN2O2. The van der Waals surface area contributed by atoms with Crippen LogP contribution in [0.3, 0.4) is 0 Å². The molecule has 5 heteroatoms. The summed E-state index contributed by atoms with van der Waals surface area (Å²) >= 11 is 0. The molecular weight excluding hydrogens is 252 g/mol. The molecule has 0 bridgehead atoms. The first-order valence-electron chi connectivity index (χ1n) is 5.78. The minimum atomic E-state index is -0.432. The zero-order valence-corrected chi connectivity index (χ0v) is 11.4. The highest BCUT2D eigenvalue weighted by molar-refractivity contribution is 5.85. The minimum absolute atomic E-state index is 0. The van der Waals surface area contributed by atoms with E-state index in [-0.39, 0.29) is 18.3 Å². The number of amides is 1. The van der Waals surface area contributed by atoms with E-state index in [4.69, 9.17) is 10.5 Å². The molecule has 0 spiro atoms. The van der Waals surface area contributed by atoms with Gasteiger partial charge in [0, 0.05) is 18.5 Å². The van der Waals surface area contributed by atoms with Gasteiger partial charge in [-0.25, -0.2) is 0 Å². The van der Waals surface area contributed by atoms with Crippen molar-refractivity contribution in [3.8, 4) is 5.75 Å². The largest absolute Gasteiger partial charge is 0.480 e. The maximum absolute atomic E-state index is 12.0. The Bertz CT molecular complexity index is 410. The lowest BCUT2D eigenvalue weighted by Gasteiger charge is -2.25. The highest BCUT2D eigenvalue weighted by atomic mass is 35.5. The fraction of sp³-hybridized carbons (Fsp3) is 0.462. The summed E-state index contributed by atoms with van der Waals surface area (Å²) in [6, 6.07) is 7.72. The summed E-state index contributed by atoms with van der Waals surface area (Å²) < 4.78 is 5.61. The molecule has 1 atom stereocenters. The Labute approximate surface area is 113 Å². The first-order chi connectivity index (χ1) is 8.02. The van der Waals surface area contributed by atoms with Gasteiger partial charge in [-0.15, -0.1) is 12.4 Å². The molecule has 0 saturated heterocycles. The number of nitrogens with one attached hydrogen (secondary N) is 1. The molecule has 1 amide bonds. The number of para-hydroxylation sites is 1. The van der Waals surface area contributed by atoms with Gasteiger partial charge in [0.25, 0.3) is 5.91 Å². The summed E-state index contributed by atoms with van der Waals surface area (Å²) in [6.45, 7) is 4.19. The van der Waals surface area contributed by atoms with Crippen LogP contribution in [-0.2, 0) is 11.2 Å². The van der Waals surface area contributed by atoms with Crippen LogP contribution in [0.5, 0.6) is 5.75 Å². The van der Waals surface area contributed by atoms with Crippen LogP contribution in [0.1, 0.15) is 19.4 Å². The summed E-state index contributed by atoms with van der Waals surface area (Å²) in [6.07, 6.45) is 0.195. The second-order valence-corrected chi connectivity index (χ2v) is 5.00. The molecule has 3 N–H and O–H groups in total. The lowest BCUT2D eigenvalue weighted by molar-refractivity contribution is -0.128. The van der Waals surface area contributed by atoms with Gasteiger partial charge in [0.2, 0.25) is 0 Å². The van der Waals surface area contributed by atoms with Gasteiger partial charge in [-0.1, -0.05) is 18.2 Å². The number of carbonyl (C=O) groups is 1. The van der Waals surface area contributed by atoms with Crippen molar-refractivity contribution in [2.75, 3.05) is 6.54 Å². The molecule has 2 rings (SSSR count). The third-order valence-corrected chi connectivity index (χ3v) is 2.91. The number of hydrogen-bond acceptors (Lipinski definition) is 3. The normalized spacial score (nSPS) is 17.4. The Hall–Kier alpha value is -1.26. The van der Waals surface area contributed by atoms with Crippen molar-refractivity contribution in [2.45, 2.75) is 31.9 Å². The molecule has 1 heterocycles. The van der Waals surface area contributed by atoms with Gasteiger partial charge in [-0.2, -0.15) is 0 Å². The fourth-order valence-corrected chi connectivity index (χ4v) is 1.79. The van der Waals surface area contributed by atoms with E-state index in [2.05, 4.69) is 5.32 Å². The van der Waals surface area contributed by atoms with Crippen molar-refractivity contribution in [2.24, 2.45) is 5.73 Å². The molecule has 0 saturated carbocycles. The van der Waals surface area contributed by atoms with Gasteiger partial charge in [0.1, 0.15) is 5.75 Å². The highest BCUT2D eigenvalue weighted by Crippen LogP contribution is 2.28. The smallest absolute Gasteiger partial charge is 0.261 e. The molecule has 0 radical (unpaired) electrons. The van der Waals surface area contributed by atoms with E-state index >= 15 is 0 Å². The number of carbonyl (C=O) groups excluding carboxylic acids is 1. The predicted molar refractivity (Wildman–Crippen MR) is 73.1 cm³/mol. The molecule has 1 aliphatic heterocycles. The summed E-state index contributed by atoms with van der Waals surface area (Å²) in [5.41, 5.74) is 6.27. The molecule has 1 aromatic carbocycles. The molecule has 100 valence electrons. The van der Waals surface area contributed by atoms with Crippen molar-refractivity contribution in [1.82, 2.24) is 5.32 Å². The molecule has 0 fully saturated rings. The first-order valence-corrected chi connectivity index (χ1v) is 5.78. The summed E-state index contributed by atoms with van der Waals surface area (Å²) in [4.78, 5) is 12.0. The Balaban J connectivity index is 0.00000162. The highest BCUT2D eigenvalue weighted by Gasteiger charge is 2.31. The van der Waals surface area contributed by atoms with Gasteiger partial charge >= 0.3 is 0 Å². The van der Waals surface area contributed by atoms with Crippen molar-refractivity contribution in [3.63, 3.8) is 0 Å². The van der Waals surface area contributed by atoms with Crippen LogP contribution in [0.4, 0.5) is 0 Å². The molecule has 0 aliphatic carbocycles. The Morgan fingerprint density at radius 1 is 1.50 bits per heavy atom. The number of fused-ring (bicyclic) bond motifs is 1. The summed E-state index contributed by atoms with van der Waals surface area (Å²) in [7, 11) is 0. The monoisotopic (exact) mass is 270 g/mol. The van der Waals surface area contributed by atoms with Gasteiger partial charge in [-0.3, -0.25) is 4.79 Å². The molecule has 4 nitrogen and oxygen atoms in total. The van der Waals surface area contributed by atoms with Gasteiger partial charge < -0.3 is 15.8 Å². The van der Waals surface area contributed by atoms with E-state index in [1.165, 1.54) is 0 Å². The van der Waals surface area contributed by atoms with E-state index in [1.54, 1.807) is 0 Å². The Morgan fingerprint density at radius 2 is 2.17 bits per heavy atom. The van der Waals surface area contributed by atoms with E-state index in [1.807, 2.05) is 38.1 Å². The molecule has 1 aromatic rings. The molecule has 1 aliphatic rings. The first kappa shape index (κ1) is 14.8. The second kappa shape index (κ2) is 5.59. The maximum Gasteiger partial charge on any atom is 0.261 e. The minimum Gasteiger partial charge on any atom is -0.480 e. The van der Waals surface area contributed by atoms with E-state index < -0.39 is 11.6 Å². The predicted octanol–water partition coefficient (Wildman–Crippen LogP) is 1.27. The third-order valence-electron chi connectivity index (χ3n) is 2.91. The van der Waals surface area contributed by atoms with Crippen LogP contribution >= 0.6 is 12.4 Å². The SMILES string of the molecule is CC(C)(CN)NC(=O)C1Cc2ccccc2O1.Cl. The van der Waals surface area contributed by atoms with E-state index in [0.29, 0.717) is 13.0 Å². The zero-order valence-electron chi connectivity index (χ0n) is 10.6. The zero-order chi connectivity index (χ0) is 12.5. The maximum atomic E-state index is 12.0. The summed E-state index contributed by atoms with van der Waals surface area (Å²) in [5, 5.41) is 2.89. The Morgan fingerprint density at radius 3 is 2.78 bits per heavy atom.